The number of nitrogens with one attached hydrogen (secondary N) is 1. The summed E-state index contributed by atoms with van der Waals surface area (Å²) in [5.74, 6) is 0. The Morgan fingerprint density at radius 2 is 1.67 bits per heavy atom. The quantitative estimate of drug-likeness (QED) is 0.891. The molecule has 0 heterocycles. The van der Waals surface area contributed by atoms with Gasteiger partial charge in [0, 0.05) is 19.9 Å². The van der Waals surface area contributed by atoms with Gasteiger partial charge < -0.3 is 10.1 Å². The molecule has 0 amide bonds. The summed E-state index contributed by atoms with van der Waals surface area (Å²) in [6.45, 7) is 0.493. The van der Waals surface area contributed by atoms with E-state index >= 15 is 0 Å². The first kappa shape index (κ1) is 15.5. The van der Waals surface area contributed by atoms with Gasteiger partial charge in [-0.25, -0.2) is 8.42 Å². The van der Waals surface area contributed by atoms with E-state index < -0.39 is 9.84 Å². The van der Waals surface area contributed by atoms with Crippen molar-refractivity contribution in [1.29, 1.82) is 0 Å². The zero-order chi connectivity index (χ0) is 15.3. The molecule has 0 aliphatic heterocycles. The fourth-order valence-electron chi connectivity index (χ4n) is 2.14. The number of benzene rings is 2. The molecule has 5 heteroatoms. The molecule has 1 atom stereocenters. The number of hydrogen-bond donors (Lipinski definition) is 1. The molecule has 0 saturated carbocycles. The Bertz CT molecular complexity index is 684. The Balaban J connectivity index is 2.16. The van der Waals surface area contributed by atoms with Crippen molar-refractivity contribution in [3.63, 3.8) is 0 Å². The number of sulfone groups is 1. The van der Waals surface area contributed by atoms with E-state index in [1.165, 1.54) is 6.26 Å². The van der Waals surface area contributed by atoms with Gasteiger partial charge in [-0.3, -0.25) is 0 Å². The summed E-state index contributed by atoms with van der Waals surface area (Å²) in [5, 5.41) is 3.17. The molecule has 2 rings (SSSR count). The van der Waals surface area contributed by atoms with Crippen LogP contribution in [-0.2, 0) is 14.6 Å². The molecule has 2 aromatic rings. The Labute approximate surface area is 125 Å². The van der Waals surface area contributed by atoms with E-state index in [2.05, 4.69) is 5.32 Å². The molecular weight excluding hydrogens is 286 g/mol. The fraction of sp³-hybridized carbons (Fsp3) is 0.250. The third-order valence-electron chi connectivity index (χ3n) is 3.22. The second-order valence-corrected chi connectivity index (χ2v) is 6.77. The number of methoxy groups -OCH3 is 1. The van der Waals surface area contributed by atoms with Crippen LogP contribution in [0.5, 0.6) is 0 Å². The Hall–Kier alpha value is -1.85. The van der Waals surface area contributed by atoms with Gasteiger partial charge in [-0.05, 0) is 17.7 Å². The lowest BCUT2D eigenvalue weighted by Gasteiger charge is -2.18. The SMILES string of the molecule is COC(CNc1ccccc1S(C)(=O)=O)c1ccccc1. The number of anilines is 1. The number of rotatable bonds is 6. The number of para-hydroxylation sites is 1. The van der Waals surface area contributed by atoms with Gasteiger partial charge in [-0.15, -0.1) is 0 Å². The van der Waals surface area contributed by atoms with Gasteiger partial charge in [0.2, 0.25) is 0 Å². The average Bonchev–Trinajstić information content (AvgIpc) is 2.48. The first-order valence-corrected chi connectivity index (χ1v) is 8.52. The Morgan fingerprint density at radius 1 is 1.05 bits per heavy atom. The maximum Gasteiger partial charge on any atom is 0.177 e. The normalized spacial score (nSPS) is 12.9. The molecule has 0 radical (unpaired) electrons. The van der Waals surface area contributed by atoms with E-state index in [4.69, 9.17) is 4.74 Å². The standard InChI is InChI=1S/C16H19NO3S/c1-20-15(13-8-4-3-5-9-13)12-17-14-10-6-7-11-16(14)21(2,18)19/h3-11,15,17H,12H2,1-2H3. The second-order valence-electron chi connectivity index (χ2n) is 4.78. The van der Waals surface area contributed by atoms with Crippen LogP contribution in [0.2, 0.25) is 0 Å². The highest BCUT2D eigenvalue weighted by Crippen LogP contribution is 2.23. The van der Waals surface area contributed by atoms with Gasteiger partial charge in [-0.1, -0.05) is 42.5 Å². The van der Waals surface area contributed by atoms with Gasteiger partial charge in [0.05, 0.1) is 16.7 Å². The Morgan fingerprint density at radius 3 is 2.29 bits per heavy atom. The molecule has 1 N–H and O–H groups in total. The summed E-state index contributed by atoms with van der Waals surface area (Å²) in [7, 11) is -1.62. The highest BCUT2D eigenvalue weighted by molar-refractivity contribution is 7.90. The van der Waals surface area contributed by atoms with Crippen LogP contribution in [0.4, 0.5) is 5.69 Å². The van der Waals surface area contributed by atoms with Crippen molar-refractivity contribution in [3.8, 4) is 0 Å². The third-order valence-corrected chi connectivity index (χ3v) is 4.38. The largest absolute Gasteiger partial charge is 0.381 e. The number of ether oxygens (including phenoxy) is 1. The molecule has 0 saturated heterocycles. The molecule has 112 valence electrons. The maximum atomic E-state index is 11.8. The predicted molar refractivity (Wildman–Crippen MR) is 84.2 cm³/mol. The zero-order valence-electron chi connectivity index (χ0n) is 12.1. The topological polar surface area (TPSA) is 55.4 Å². The van der Waals surface area contributed by atoms with Crippen LogP contribution in [0, 0.1) is 0 Å². The minimum absolute atomic E-state index is 0.140. The minimum atomic E-state index is -3.26. The lowest BCUT2D eigenvalue weighted by molar-refractivity contribution is 0.114. The van der Waals surface area contributed by atoms with E-state index in [1.807, 2.05) is 30.3 Å². The van der Waals surface area contributed by atoms with E-state index in [0.29, 0.717) is 17.1 Å². The van der Waals surface area contributed by atoms with Crippen molar-refractivity contribution in [3.05, 3.63) is 60.2 Å². The minimum Gasteiger partial charge on any atom is -0.381 e. The van der Waals surface area contributed by atoms with Gasteiger partial charge in [0.15, 0.2) is 9.84 Å². The molecule has 0 spiro atoms. The van der Waals surface area contributed by atoms with E-state index in [0.717, 1.165) is 5.56 Å². The summed E-state index contributed by atoms with van der Waals surface area (Å²) >= 11 is 0. The van der Waals surface area contributed by atoms with Crippen molar-refractivity contribution >= 4 is 15.5 Å². The van der Waals surface area contributed by atoms with E-state index in [1.54, 1.807) is 31.4 Å². The molecule has 0 aliphatic carbocycles. The second kappa shape index (κ2) is 6.74. The van der Waals surface area contributed by atoms with Crippen molar-refractivity contribution < 1.29 is 13.2 Å². The van der Waals surface area contributed by atoms with Crippen LogP contribution in [0.25, 0.3) is 0 Å². The lowest BCUT2D eigenvalue weighted by atomic mass is 10.1. The molecule has 0 aliphatic rings. The molecule has 2 aromatic carbocycles. The van der Waals surface area contributed by atoms with Crippen molar-refractivity contribution in [2.75, 3.05) is 25.2 Å². The van der Waals surface area contributed by atoms with Gasteiger partial charge in [-0.2, -0.15) is 0 Å². The smallest absolute Gasteiger partial charge is 0.177 e. The van der Waals surface area contributed by atoms with E-state index in [9.17, 15) is 8.42 Å². The van der Waals surface area contributed by atoms with Gasteiger partial charge >= 0.3 is 0 Å². The first-order chi connectivity index (χ1) is 10.0. The summed E-state index contributed by atoms with van der Waals surface area (Å²) < 4.78 is 29.0. The monoisotopic (exact) mass is 305 g/mol. The lowest BCUT2D eigenvalue weighted by Crippen LogP contribution is -2.16. The van der Waals surface area contributed by atoms with Crippen LogP contribution in [0.1, 0.15) is 11.7 Å². The van der Waals surface area contributed by atoms with Gasteiger partial charge in [0.1, 0.15) is 0 Å². The predicted octanol–water partition coefficient (Wildman–Crippen LogP) is 2.89. The van der Waals surface area contributed by atoms with Crippen molar-refractivity contribution in [1.82, 2.24) is 0 Å². The van der Waals surface area contributed by atoms with E-state index in [-0.39, 0.29) is 6.10 Å². The van der Waals surface area contributed by atoms with Crippen LogP contribution in [0.15, 0.2) is 59.5 Å². The molecule has 1 unspecified atom stereocenters. The molecule has 21 heavy (non-hydrogen) atoms. The van der Waals surface area contributed by atoms with Crippen LogP contribution < -0.4 is 5.32 Å². The molecular formula is C16H19NO3S. The highest BCUT2D eigenvalue weighted by atomic mass is 32.2. The van der Waals surface area contributed by atoms with Crippen LogP contribution in [-0.4, -0.2) is 28.3 Å². The van der Waals surface area contributed by atoms with Crippen LogP contribution >= 0.6 is 0 Å². The molecule has 4 nitrogen and oxygen atoms in total. The molecule has 0 bridgehead atoms. The van der Waals surface area contributed by atoms with Crippen molar-refractivity contribution in [2.24, 2.45) is 0 Å². The van der Waals surface area contributed by atoms with Gasteiger partial charge in [0.25, 0.3) is 0 Å². The third kappa shape index (κ3) is 4.06. The Kier molecular flexibility index (Phi) is 4.98. The summed E-state index contributed by atoms with van der Waals surface area (Å²) in [5.41, 5.74) is 1.64. The molecule has 0 aromatic heterocycles. The first-order valence-electron chi connectivity index (χ1n) is 6.63. The summed E-state index contributed by atoms with van der Waals surface area (Å²) in [4.78, 5) is 0.299. The number of hydrogen-bond acceptors (Lipinski definition) is 4. The zero-order valence-corrected chi connectivity index (χ0v) is 12.9. The fourth-order valence-corrected chi connectivity index (χ4v) is 3.01. The van der Waals surface area contributed by atoms with Crippen molar-refractivity contribution in [2.45, 2.75) is 11.0 Å². The summed E-state index contributed by atoms with van der Waals surface area (Å²) in [6.07, 6.45) is 1.07. The molecule has 0 fully saturated rings. The van der Waals surface area contributed by atoms with Crippen LogP contribution in [0.3, 0.4) is 0 Å². The highest BCUT2D eigenvalue weighted by Gasteiger charge is 2.14. The maximum absolute atomic E-state index is 11.8. The average molecular weight is 305 g/mol. The summed E-state index contributed by atoms with van der Waals surface area (Å²) in [6, 6.07) is 16.7.